The van der Waals surface area contributed by atoms with Crippen molar-refractivity contribution in [2.75, 3.05) is 0 Å². The summed E-state index contributed by atoms with van der Waals surface area (Å²) in [5, 5.41) is 3.84. The van der Waals surface area contributed by atoms with Gasteiger partial charge in [0.1, 0.15) is 0 Å². The highest BCUT2D eigenvalue weighted by atomic mass is 31.1. The highest BCUT2D eigenvalue weighted by molar-refractivity contribution is 7.77. The van der Waals surface area contributed by atoms with Crippen molar-refractivity contribution < 1.29 is 0 Å². The molecule has 2 aromatic rings. The molecule has 0 fully saturated rings. The van der Waals surface area contributed by atoms with Crippen LogP contribution in [0.5, 0.6) is 0 Å². The van der Waals surface area contributed by atoms with Crippen LogP contribution in [0, 0.1) is 0 Å². The Labute approximate surface area is 122 Å². The third-order valence-corrected chi connectivity index (χ3v) is 5.26. The van der Waals surface area contributed by atoms with Gasteiger partial charge in [-0.3, -0.25) is 0 Å². The van der Waals surface area contributed by atoms with Crippen LogP contribution in [0.2, 0.25) is 0 Å². The summed E-state index contributed by atoms with van der Waals surface area (Å²) in [5.74, 6) is 0. The zero-order valence-electron chi connectivity index (χ0n) is 11.7. The maximum Gasteiger partial charge on any atom is -0.0140 e. The van der Waals surface area contributed by atoms with Gasteiger partial charge in [0.2, 0.25) is 0 Å². The molecule has 100 valence electrons. The second-order valence-corrected chi connectivity index (χ2v) is 6.66. The predicted molar refractivity (Wildman–Crippen MR) is 92.2 cm³/mol. The molecule has 0 bridgehead atoms. The zero-order valence-corrected chi connectivity index (χ0v) is 12.6. The van der Waals surface area contributed by atoms with E-state index >= 15 is 0 Å². The van der Waals surface area contributed by atoms with Crippen LogP contribution in [0.3, 0.4) is 0 Å². The maximum absolute atomic E-state index is 4.29. The lowest BCUT2D eigenvalue weighted by Gasteiger charge is -2.19. The first-order chi connectivity index (χ1) is 9.83. The molecule has 0 aliphatic carbocycles. The van der Waals surface area contributed by atoms with Gasteiger partial charge >= 0.3 is 0 Å². The molecule has 20 heavy (non-hydrogen) atoms. The van der Waals surface area contributed by atoms with Crippen LogP contribution in [0.25, 0.3) is 0 Å². The molecule has 0 heterocycles. The minimum atomic E-state index is -0.544. The molecule has 0 saturated carbocycles. The molecule has 0 spiro atoms. The first-order valence-corrected chi connectivity index (χ1v) is 8.05. The van der Waals surface area contributed by atoms with Gasteiger partial charge in [-0.05, 0) is 30.8 Å². The summed E-state index contributed by atoms with van der Waals surface area (Å²) < 4.78 is 0. The Morgan fingerprint density at radius 3 is 1.80 bits per heavy atom. The molecule has 0 N–H and O–H groups in total. The first kappa shape index (κ1) is 14.5. The van der Waals surface area contributed by atoms with Crippen molar-refractivity contribution in [1.82, 2.24) is 0 Å². The third-order valence-electron chi connectivity index (χ3n) is 2.91. The van der Waals surface area contributed by atoms with Crippen molar-refractivity contribution in [2.45, 2.75) is 6.92 Å². The summed E-state index contributed by atoms with van der Waals surface area (Å²) in [6, 6.07) is 21.2. The largest absolute Gasteiger partial charge is 0.0906 e. The standard InChI is InChI=1S/C19H19P/c1-3-4-7-12-17(2)20(18-13-8-5-9-14-18)19-15-10-6-11-16-19/h3-16H,2H2,1H3/b4-3-,12-7-. The minimum Gasteiger partial charge on any atom is -0.0906 e. The molecule has 0 aliphatic rings. The van der Waals surface area contributed by atoms with Crippen LogP contribution in [0.15, 0.2) is 96.9 Å². The Hall–Kier alpha value is -1.91. The molecule has 2 aromatic carbocycles. The molecule has 2 rings (SSSR count). The van der Waals surface area contributed by atoms with E-state index in [-0.39, 0.29) is 0 Å². The van der Waals surface area contributed by atoms with Crippen molar-refractivity contribution >= 4 is 18.5 Å². The molecule has 0 aromatic heterocycles. The van der Waals surface area contributed by atoms with Crippen LogP contribution in [0.1, 0.15) is 6.92 Å². The summed E-state index contributed by atoms with van der Waals surface area (Å²) in [6.07, 6.45) is 8.24. The van der Waals surface area contributed by atoms with E-state index in [9.17, 15) is 0 Å². The monoisotopic (exact) mass is 278 g/mol. The van der Waals surface area contributed by atoms with Gasteiger partial charge in [-0.2, -0.15) is 0 Å². The second kappa shape index (κ2) is 7.62. The zero-order chi connectivity index (χ0) is 14.2. The van der Waals surface area contributed by atoms with Gasteiger partial charge in [0.25, 0.3) is 0 Å². The van der Waals surface area contributed by atoms with Crippen molar-refractivity contribution in [2.24, 2.45) is 0 Å². The van der Waals surface area contributed by atoms with Gasteiger partial charge in [-0.15, -0.1) is 0 Å². The lowest BCUT2D eigenvalue weighted by molar-refractivity contribution is 1.72. The molecule has 0 amide bonds. The quantitative estimate of drug-likeness (QED) is 0.546. The first-order valence-electron chi connectivity index (χ1n) is 6.71. The Morgan fingerprint density at radius 1 is 0.850 bits per heavy atom. The van der Waals surface area contributed by atoms with Gasteiger partial charge in [0.15, 0.2) is 0 Å². The normalized spacial score (nSPS) is 11.5. The van der Waals surface area contributed by atoms with Gasteiger partial charge in [0, 0.05) is 0 Å². The van der Waals surface area contributed by atoms with Crippen LogP contribution in [-0.2, 0) is 0 Å². The highest BCUT2D eigenvalue weighted by Crippen LogP contribution is 2.42. The fourth-order valence-electron chi connectivity index (χ4n) is 1.99. The fourth-order valence-corrected chi connectivity index (χ4v) is 4.12. The molecule has 0 radical (unpaired) electrons. The third kappa shape index (κ3) is 3.79. The van der Waals surface area contributed by atoms with E-state index in [0.29, 0.717) is 0 Å². The van der Waals surface area contributed by atoms with E-state index in [0.717, 1.165) is 5.31 Å². The summed E-state index contributed by atoms with van der Waals surface area (Å²) >= 11 is 0. The Kier molecular flexibility index (Phi) is 5.53. The van der Waals surface area contributed by atoms with Gasteiger partial charge in [0.05, 0.1) is 0 Å². The van der Waals surface area contributed by atoms with Crippen molar-refractivity contribution in [1.29, 1.82) is 0 Å². The molecule has 0 saturated heterocycles. The lowest BCUT2D eigenvalue weighted by atomic mass is 10.4. The van der Waals surface area contributed by atoms with Crippen molar-refractivity contribution in [3.63, 3.8) is 0 Å². The van der Waals surface area contributed by atoms with Gasteiger partial charge in [-0.1, -0.05) is 91.5 Å². The van der Waals surface area contributed by atoms with E-state index in [1.165, 1.54) is 10.6 Å². The molecule has 0 unspecified atom stereocenters. The summed E-state index contributed by atoms with van der Waals surface area (Å²) in [6.45, 7) is 6.31. The number of benzene rings is 2. The van der Waals surface area contributed by atoms with Crippen molar-refractivity contribution in [3.05, 3.63) is 96.9 Å². The van der Waals surface area contributed by atoms with Crippen molar-refractivity contribution in [3.8, 4) is 0 Å². The van der Waals surface area contributed by atoms with Crippen LogP contribution >= 0.6 is 7.92 Å². The van der Waals surface area contributed by atoms with Gasteiger partial charge < -0.3 is 0 Å². The molecule has 1 heteroatoms. The SMILES string of the molecule is C=C(/C=C\C=C/C)P(c1ccccc1)c1ccccc1. The number of rotatable bonds is 5. The van der Waals surface area contributed by atoms with E-state index < -0.39 is 7.92 Å². The summed E-state index contributed by atoms with van der Waals surface area (Å²) in [4.78, 5) is 0. The second-order valence-electron chi connectivity index (χ2n) is 4.38. The molecular formula is C19H19P. The Bertz CT molecular complexity index is 555. The predicted octanol–water partition coefficient (Wildman–Crippen LogP) is 4.77. The van der Waals surface area contributed by atoms with Crippen LogP contribution < -0.4 is 10.6 Å². The summed E-state index contributed by atoms with van der Waals surface area (Å²) in [5.41, 5.74) is 0. The van der Waals surface area contributed by atoms with Gasteiger partial charge in [-0.25, -0.2) is 0 Å². The fraction of sp³-hybridized carbons (Fsp3) is 0.0526. The number of hydrogen-bond donors (Lipinski definition) is 0. The average molecular weight is 278 g/mol. The molecule has 0 nitrogen and oxygen atoms in total. The number of hydrogen-bond acceptors (Lipinski definition) is 0. The Morgan fingerprint density at radius 2 is 1.35 bits per heavy atom. The van der Waals surface area contributed by atoms with Crippen LogP contribution in [-0.4, -0.2) is 0 Å². The molecule has 0 atom stereocenters. The minimum absolute atomic E-state index is 0.544. The molecule has 0 aliphatic heterocycles. The lowest BCUT2D eigenvalue weighted by Crippen LogP contribution is -2.11. The van der Waals surface area contributed by atoms with E-state index in [1.54, 1.807) is 0 Å². The molecular weight excluding hydrogens is 259 g/mol. The van der Waals surface area contributed by atoms with E-state index in [4.69, 9.17) is 0 Å². The Balaban J connectivity index is 2.38. The maximum atomic E-state index is 4.29. The topological polar surface area (TPSA) is 0 Å². The number of allylic oxidation sites excluding steroid dienone is 5. The summed E-state index contributed by atoms with van der Waals surface area (Å²) in [7, 11) is -0.544. The van der Waals surface area contributed by atoms with E-state index in [1.807, 2.05) is 19.1 Å². The highest BCUT2D eigenvalue weighted by Gasteiger charge is 2.14. The smallest absolute Gasteiger partial charge is 0.0140 e. The van der Waals surface area contributed by atoms with Crippen LogP contribution in [0.4, 0.5) is 0 Å². The average Bonchev–Trinajstić information content (AvgIpc) is 2.50. The van der Waals surface area contributed by atoms with E-state index in [2.05, 4.69) is 79.4 Å².